The summed E-state index contributed by atoms with van der Waals surface area (Å²) in [6, 6.07) is -0.349. The van der Waals surface area contributed by atoms with E-state index >= 15 is 0 Å². The Hall–Kier alpha value is -1.85. The van der Waals surface area contributed by atoms with Gasteiger partial charge in [0, 0.05) is 5.56 Å². The highest BCUT2D eigenvalue weighted by Gasteiger charge is 2.48. The van der Waals surface area contributed by atoms with Crippen LogP contribution in [-0.2, 0) is 11.3 Å². The van der Waals surface area contributed by atoms with Crippen molar-refractivity contribution in [1.82, 2.24) is 15.4 Å². The largest absolute Gasteiger partial charge is 0.361 e. The zero-order valence-corrected chi connectivity index (χ0v) is 12.6. The molecule has 0 aromatic carbocycles. The fourth-order valence-corrected chi connectivity index (χ4v) is 2.73. The number of nitrogens with zero attached hydrogens (tertiary/aromatic N) is 2. The molecule has 1 fully saturated rings. The Morgan fingerprint density at radius 2 is 2.00 bits per heavy atom. The number of carbonyl (C=O) groups excluding carboxylic acids is 2. The Labute approximate surface area is 118 Å². The number of amides is 3. The normalized spacial score (nSPS) is 22.8. The van der Waals surface area contributed by atoms with Crippen LogP contribution in [0.1, 0.15) is 44.2 Å². The summed E-state index contributed by atoms with van der Waals surface area (Å²) in [5, 5.41) is 6.65. The number of imide groups is 1. The summed E-state index contributed by atoms with van der Waals surface area (Å²) in [6.07, 6.45) is 0.621. The molecule has 3 amide bonds. The van der Waals surface area contributed by atoms with Crippen molar-refractivity contribution in [2.45, 2.75) is 53.1 Å². The van der Waals surface area contributed by atoms with E-state index in [2.05, 4.69) is 10.5 Å². The van der Waals surface area contributed by atoms with Crippen molar-refractivity contribution < 1.29 is 14.1 Å². The number of hydrogen-bond acceptors (Lipinski definition) is 4. The molecule has 1 N–H and O–H groups in total. The molecule has 6 heteroatoms. The average Bonchev–Trinajstić information content (AvgIpc) is 2.73. The highest BCUT2D eigenvalue weighted by Crippen LogP contribution is 2.27. The van der Waals surface area contributed by atoms with E-state index in [0.29, 0.717) is 23.8 Å². The van der Waals surface area contributed by atoms with E-state index in [1.54, 1.807) is 20.8 Å². The highest BCUT2D eigenvalue weighted by molar-refractivity contribution is 6.06. The van der Waals surface area contributed by atoms with Crippen molar-refractivity contribution in [3.05, 3.63) is 17.0 Å². The monoisotopic (exact) mass is 279 g/mol. The van der Waals surface area contributed by atoms with Crippen molar-refractivity contribution in [3.63, 3.8) is 0 Å². The first kappa shape index (κ1) is 14.6. The SMILES string of the molecule is Cc1noc(C)c1CN1C(=O)N[C@](C)(CC(C)C)C1=O. The van der Waals surface area contributed by atoms with Gasteiger partial charge < -0.3 is 9.84 Å². The first-order valence-corrected chi connectivity index (χ1v) is 6.80. The van der Waals surface area contributed by atoms with Gasteiger partial charge in [0.1, 0.15) is 11.3 Å². The summed E-state index contributed by atoms with van der Waals surface area (Å²) in [5.74, 6) is 0.778. The Morgan fingerprint density at radius 3 is 2.50 bits per heavy atom. The lowest BCUT2D eigenvalue weighted by molar-refractivity contribution is -0.131. The van der Waals surface area contributed by atoms with E-state index in [0.717, 1.165) is 5.56 Å². The van der Waals surface area contributed by atoms with Crippen LogP contribution in [0, 0.1) is 19.8 Å². The molecule has 1 saturated heterocycles. The molecule has 0 unspecified atom stereocenters. The van der Waals surface area contributed by atoms with Gasteiger partial charge in [0.05, 0.1) is 12.2 Å². The topological polar surface area (TPSA) is 75.4 Å². The number of aromatic nitrogens is 1. The minimum Gasteiger partial charge on any atom is -0.361 e. The smallest absolute Gasteiger partial charge is 0.325 e. The van der Waals surface area contributed by atoms with Gasteiger partial charge in [-0.25, -0.2) is 4.79 Å². The molecule has 20 heavy (non-hydrogen) atoms. The van der Waals surface area contributed by atoms with Gasteiger partial charge in [-0.1, -0.05) is 19.0 Å². The minimum absolute atomic E-state index is 0.184. The summed E-state index contributed by atoms with van der Waals surface area (Å²) >= 11 is 0. The van der Waals surface area contributed by atoms with E-state index in [1.165, 1.54) is 4.90 Å². The maximum Gasteiger partial charge on any atom is 0.325 e. The summed E-state index contributed by atoms with van der Waals surface area (Å²) in [4.78, 5) is 25.8. The number of nitrogens with one attached hydrogen (secondary N) is 1. The first-order chi connectivity index (χ1) is 9.24. The number of rotatable bonds is 4. The fraction of sp³-hybridized carbons (Fsp3) is 0.643. The first-order valence-electron chi connectivity index (χ1n) is 6.80. The van der Waals surface area contributed by atoms with Crippen molar-refractivity contribution >= 4 is 11.9 Å². The molecule has 0 aliphatic carbocycles. The second-order valence-corrected chi connectivity index (χ2v) is 6.05. The zero-order valence-electron chi connectivity index (χ0n) is 12.6. The van der Waals surface area contributed by atoms with Crippen LogP contribution < -0.4 is 5.32 Å². The van der Waals surface area contributed by atoms with Gasteiger partial charge >= 0.3 is 6.03 Å². The maximum absolute atomic E-state index is 12.5. The Morgan fingerprint density at radius 1 is 1.35 bits per heavy atom. The van der Waals surface area contributed by atoms with Gasteiger partial charge in [0.15, 0.2) is 0 Å². The fourth-order valence-electron chi connectivity index (χ4n) is 2.73. The third-order valence-electron chi connectivity index (χ3n) is 3.66. The van der Waals surface area contributed by atoms with Crippen LogP contribution in [0.4, 0.5) is 4.79 Å². The second-order valence-electron chi connectivity index (χ2n) is 6.05. The van der Waals surface area contributed by atoms with Crippen LogP contribution in [0.2, 0.25) is 0 Å². The number of hydrogen-bond donors (Lipinski definition) is 1. The Balaban J connectivity index is 2.22. The van der Waals surface area contributed by atoms with E-state index in [-0.39, 0.29) is 18.5 Å². The lowest BCUT2D eigenvalue weighted by Gasteiger charge is -2.23. The molecule has 0 saturated carbocycles. The van der Waals surface area contributed by atoms with E-state index < -0.39 is 5.54 Å². The summed E-state index contributed by atoms with van der Waals surface area (Å²) in [5.41, 5.74) is 0.687. The molecule has 2 heterocycles. The standard InChI is InChI=1S/C14H21N3O3/c1-8(2)6-14(5)12(18)17(13(19)15-14)7-11-9(3)16-20-10(11)4/h8H,6-7H2,1-5H3,(H,15,19)/t14-/m1/s1. The molecule has 110 valence electrons. The molecular weight excluding hydrogens is 258 g/mol. The predicted molar refractivity (Wildman–Crippen MR) is 72.9 cm³/mol. The third kappa shape index (κ3) is 2.42. The Bertz CT molecular complexity index is 530. The van der Waals surface area contributed by atoms with Crippen LogP contribution in [-0.4, -0.2) is 27.5 Å². The van der Waals surface area contributed by atoms with Crippen molar-refractivity contribution in [2.75, 3.05) is 0 Å². The summed E-state index contributed by atoms with van der Waals surface area (Å²) in [6.45, 7) is 9.63. The van der Waals surface area contributed by atoms with Crippen LogP contribution in [0.25, 0.3) is 0 Å². The zero-order chi connectivity index (χ0) is 15.1. The summed E-state index contributed by atoms with van der Waals surface area (Å²) < 4.78 is 5.07. The van der Waals surface area contributed by atoms with Gasteiger partial charge in [0.2, 0.25) is 0 Å². The maximum atomic E-state index is 12.5. The number of carbonyl (C=O) groups is 2. The molecule has 1 aromatic rings. The van der Waals surface area contributed by atoms with E-state index in [1.807, 2.05) is 13.8 Å². The van der Waals surface area contributed by atoms with E-state index in [9.17, 15) is 9.59 Å². The van der Waals surface area contributed by atoms with Crippen LogP contribution in [0.15, 0.2) is 4.52 Å². The number of urea groups is 1. The second kappa shape index (κ2) is 4.92. The third-order valence-corrected chi connectivity index (χ3v) is 3.66. The van der Waals surface area contributed by atoms with Gasteiger partial charge in [-0.05, 0) is 33.1 Å². The number of aryl methyl sites for hydroxylation is 2. The minimum atomic E-state index is -0.815. The molecule has 1 aromatic heterocycles. The van der Waals surface area contributed by atoms with Crippen molar-refractivity contribution in [2.24, 2.45) is 5.92 Å². The van der Waals surface area contributed by atoms with Gasteiger partial charge in [0.25, 0.3) is 5.91 Å². The average molecular weight is 279 g/mol. The molecular formula is C14H21N3O3. The quantitative estimate of drug-likeness (QED) is 0.857. The molecule has 6 nitrogen and oxygen atoms in total. The van der Waals surface area contributed by atoms with Gasteiger partial charge in [-0.15, -0.1) is 0 Å². The molecule has 1 atom stereocenters. The lowest BCUT2D eigenvalue weighted by atomic mass is 9.91. The van der Waals surface area contributed by atoms with Crippen LogP contribution in [0.3, 0.4) is 0 Å². The van der Waals surface area contributed by atoms with Crippen LogP contribution in [0.5, 0.6) is 0 Å². The molecule has 2 rings (SSSR count). The van der Waals surface area contributed by atoms with Gasteiger partial charge in [-0.3, -0.25) is 9.69 Å². The molecule has 0 radical (unpaired) electrons. The van der Waals surface area contributed by atoms with Gasteiger partial charge in [-0.2, -0.15) is 0 Å². The predicted octanol–water partition coefficient (Wildman–Crippen LogP) is 2.15. The highest BCUT2D eigenvalue weighted by atomic mass is 16.5. The van der Waals surface area contributed by atoms with Crippen LogP contribution >= 0.6 is 0 Å². The van der Waals surface area contributed by atoms with Crippen molar-refractivity contribution in [3.8, 4) is 0 Å². The Kier molecular flexibility index (Phi) is 3.58. The molecule has 0 bridgehead atoms. The summed E-state index contributed by atoms with van der Waals surface area (Å²) in [7, 11) is 0. The van der Waals surface area contributed by atoms with Crippen molar-refractivity contribution in [1.29, 1.82) is 0 Å². The molecule has 1 aliphatic rings. The van der Waals surface area contributed by atoms with E-state index in [4.69, 9.17) is 4.52 Å². The molecule has 1 aliphatic heterocycles. The lowest BCUT2D eigenvalue weighted by Crippen LogP contribution is -2.44. The molecule has 0 spiro atoms.